The van der Waals surface area contributed by atoms with Crippen LogP contribution < -0.4 is 12.4 Å². The van der Waals surface area contributed by atoms with Gasteiger partial charge in [-0.1, -0.05) is 116 Å². The van der Waals surface area contributed by atoms with Crippen LogP contribution in [0.3, 0.4) is 0 Å². The Balaban J connectivity index is 0.0000102. The van der Waals surface area contributed by atoms with E-state index in [1.165, 1.54) is 108 Å². The average Bonchev–Trinajstić information content (AvgIpc) is 2.77. The van der Waals surface area contributed by atoms with Crippen molar-refractivity contribution in [2.75, 3.05) is 20.6 Å². The summed E-state index contributed by atoms with van der Waals surface area (Å²) >= 11 is 14.2. The first-order valence-electron chi connectivity index (χ1n) is 13.7. The maximum Gasteiger partial charge on any atom is 0.277 e. The van der Waals surface area contributed by atoms with Crippen molar-refractivity contribution in [3.63, 3.8) is 0 Å². The molecule has 0 radical (unpaired) electrons. The predicted molar refractivity (Wildman–Crippen MR) is 146 cm³/mol. The highest BCUT2D eigenvalue weighted by Crippen LogP contribution is 2.43. The largest absolute Gasteiger partial charge is 1.00 e. The lowest BCUT2D eigenvalue weighted by Gasteiger charge is -2.41. The molecular weight excluding hydrogens is 469 g/mol. The number of benzene rings is 1. The number of alkyl halides is 2. The minimum atomic E-state index is -0.905. The zero-order valence-corrected chi connectivity index (χ0v) is 24.4. The van der Waals surface area contributed by atoms with Crippen LogP contribution in [0.4, 0.5) is 0 Å². The molecule has 0 bridgehead atoms. The van der Waals surface area contributed by atoms with Gasteiger partial charge in [-0.3, -0.25) is 4.48 Å². The Morgan fingerprint density at radius 3 is 1.58 bits per heavy atom. The van der Waals surface area contributed by atoms with Crippen molar-refractivity contribution in [3.05, 3.63) is 35.4 Å². The highest BCUT2D eigenvalue weighted by Gasteiger charge is 2.44. The van der Waals surface area contributed by atoms with Gasteiger partial charge in [-0.05, 0) is 60.5 Å². The van der Waals surface area contributed by atoms with Crippen LogP contribution in [-0.2, 0) is 10.9 Å². The van der Waals surface area contributed by atoms with Gasteiger partial charge in [-0.2, -0.15) is 0 Å². The molecule has 1 aromatic rings. The van der Waals surface area contributed by atoms with E-state index >= 15 is 0 Å². The SMILES string of the molecule is CCCCCCCCCCc1ccccc1C(Cl)(Cl)[N+](C)(C)CCCCCCCCCC.[Cl-]. The number of nitrogens with zero attached hydrogens (tertiary/aromatic N) is 1. The fourth-order valence-electron chi connectivity index (χ4n) is 4.59. The van der Waals surface area contributed by atoms with E-state index in [9.17, 15) is 0 Å². The quantitative estimate of drug-likeness (QED) is 0.0739. The van der Waals surface area contributed by atoms with Gasteiger partial charge in [0.2, 0.25) is 0 Å². The Bertz CT molecular complexity index is 586. The first-order valence-corrected chi connectivity index (χ1v) is 14.4. The molecule has 0 saturated heterocycles. The molecule has 1 nitrogen and oxygen atoms in total. The van der Waals surface area contributed by atoms with Crippen LogP contribution in [-0.4, -0.2) is 25.1 Å². The predicted octanol–water partition coefficient (Wildman–Crippen LogP) is 7.18. The number of hydrogen-bond acceptors (Lipinski definition) is 0. The van der Waals surface area contributed by atoms with E-state index in [1.54, 1.807) is 0 Å². The Kier molecular flexibility index (Phi) is 19.3. The standard InChI is InChI=1S/C29H52Cl2N.ClH/c1-5-7-9-11-13-15-17-19-23-27-24-20-21-25-28(27)29(30,31)32(3,4)26-22-18-16-14-12-10-8-6-2;/h20-21,24-25H,5-19,22-23,26H2,1-4H3;1H/q+1;/p-1. The molecule has 194 valence electrons. The van der Waals surface area contributed by atoms with Gasteiger partial charge in [0, 0.05) is 5.56 Å². The van der Waals surface area contributed by atoms with Gasteiger partial charge in [0.25, 0.3) is 4.46 Å². The molecule has 0 unspecified atom stereocenters. The lowest BCUT2D eigenvalue weighted by Crippen LogP contribution is -3.00. The summed E-state index contributed by atoms with van der Waals surface area (Å²) in [5.41, 5.74) is 2.43. The van der Waals surface area contributed by atoms with Crippen molar-refractivity contribution < 1.29 is 16.9 Å². The van der Waals surface area contributed by atoms with Gasteiger partial charge in [0.1, 0.15) is 0 Å². The van der Waals surface area contributed by atoms with Crippen molar-refractivity contribution in [2.24, 2.45) is 0 Å². The van der Waals surface area contributed by atoms with E-state index in [4.69, 9.17) is 23.2 Å². The zero-order chi connectivity index (χ0) is 23.7. The summed E-state index contributed by atoms with van der Waals surface area (Å²) in [4.78, 5) is 0. The molecule has 1 aromatic carbocycles. The van der Waals surface area contributed by atoms with E-state index in [-0.39, 0.29) is 12.4 Å². The van der Waals surface area contributed by atoms with Crippen molar-refractivity contribution >= 4 is 23.2 Å². The molecule has 0 spiro atoms. The summed E-state index contributed by atoms with van der Waals surface area (Å²) in [6, 6.07) is 8.59. The van der Waals surface area contributed by atoms with Crippen LogP contribution in [0.1, 0.15) is 128 Å². The summed E-state index contributed by atoms with van der Waals surface area (Å²) in [5, 5.41) is 0. The fraction of sp³-hybridized carbons (Fsp3) is 0.793. The number of quaternary nitrogens is 1. The molecule has 0 fully saturated rings. The normalized spacial score (nSPS) is 12.1. The second-order valence-electron chi connectivity index (χ2n) is 10.3. The average molecular weight is 521 g/mol. The molecular formula is C29H52Cl3N. The van der Waals surface area contributed by atoms with Crippen molar-refractivity contribution in [3.8, 4) is 0 Å². The van der Waals surface area contributed by atoms with E-state index < -0.39 is 4.46 Å². The summed E-state index contributed by atoms with van der Waals surface area (Å²) in [6.07, 6.45) is 22.4. The van der Waals surface area contributed by atoms with Crippen LogP contribution in [0.2, 0.25) is 0 Å². The lowest BCUT2D eigenvalue weighted by molar-refractivity contribution is -0.920. The van der Waals surface area contributed by atoms with Gasteiger partial charge in [0.05, 0.1) is 20.6 Å². The van der Waals surface area contributed by atoms with E-state index in [0.29, 0.717) is 4.48 Å². The second kappa shape index (κ2) is 19.3. The number of rotatable bonds is 20. The number of unbranched alkanes of at least 4 members (excludes halogenated alkanes) is 14. The first-order chi connectivity index (χ1) is 15.4. The van der Waals surface area contributed by atoms with Crippen molar-refractivity contribution in [1.82, 2.24) is 0 Å². The van der Waals surface area contributed by atoms with Gasteiger partial charge in [-0.25, -0.2) is 0 Å². The minimum absolute atomic E-state index is 0. The molecule has 0 aliphatic rings. The molecule has 0 N–H and O–H groups in total. The van der Waals surface area contributed by atoms with Crippen LogP contribution >= 0.6 is 23.2 Å². The Morgan fingerprint density at radius 2 is 1.06 bits per heavy atom. The summed E-state index contributed by atoms with van der Waals surface area (Å²) in [7, 11) is 4.38. The first kappa shape index (κ1) is 33.0. The Hall–Kier alpha value is 0.0500. The minimum Gasteiger partial charge on any atom is -1.00 e. The van der Waals surface area contributed by atoms with Crippen molar-refractivity contribution in [2.45, 2.75) is 127 Å². The number of halogens is 3. The molecule has 0 heterocycles. The van der Waals surface area contributed by atoms with Gasteiger partial charge < -0.3 is 12.4 Å². The van der Waals surface area contributed by atoms with E-state index in [2.05, 4.69) is 52.2 Å². The van der Waals surface area contributed by atoms with E-state index in [0.717, 1.165) is 18.5 Å². The molecule has 33 heavy (non-hydrogen) atoms. The Morgan fingerprint density at radius 1 is 0.636 bits per heavy atom. The molecule has 0 aliphatic heterocycles. The molecule has 0 amide bonds. The monoisotopic (exact) mass is 519 g/mol. The Labute approximate surface area is 223 Å². The number of hydrogen-bond donors (Lipinski definition) is 0. The summed E-state index contributed by atoms with van der Waals surface area (Å²) in [5.74, 6) is 0. The maximum absolute atomic E-state index is 7.10. The van der Waals surface area contributed by atoms with Gasteiger partial charge >= 0.3 is 0 Å². The maximum atomic E-state index is 7.10. The van der Waals surface area contributed by atoms with Crippen LogP contribution in [0.25, 0.3) is 0 Å². The third-order valence-corrected chi connectivity index (χ3v) is 8.29. The second-order valence-corrected chi connectivity index (χ2v) is 11.6. The molecule has 0 atom stereocenters. The van der Waals surface area contributed by atoms with Crippen LogP contribution in [0.15, 0.2) is 24.3 Å². The fourth-order valence-corrected chi connectivity index (χ4v) is 5.13. The summed E-state index contributed by atoms with van der Waals surface area (Å²) < 4.78 is -0.293. The molecule has 0 aliphatic carbocycles. The zero-order valence-electron chi connectivity index (χ0n) is 22.1. The van der Waals surface area contributed by atoms with Crippen molar-refractivity contribution in [1.29, 1.82) is 0 Å². The topological polar surface area (TPSA) is 0 Å². The van der Waals surface area contributed by atoms with E-state index in [1.807, 2.05) is 0 Å². The lowest BCUT2D eigenvalue weighted by atomic mass is 9.99. The highest BCUT2D eigenvalue weighted by atomic mass is 35.5. The summed E-state index contributed by atoms with van der Waals surface area (Å²) in [6.45, 7) is 5.56. The van der Waals surface area contributed by atoms with Crippen LogP contribution in [0, 0.1) is 0 Å². The smallest absolute Gasteiger partial charge is 0.277 e. The molecule has 0 saturated carbocycles. The third kappa shape index (κ3) is 13.1. The number of aryl methyl sites for hydroxylation is 1. The van der Waals surface area contributed by atoms with Crippen LogP contribution in [0.5, 0.6) is 0 Å². The highest BCUT2D eigenvalue weighted by molar-refractivity contribution is 6.46. The van der Waals surface area contributed by atoms with Gasteiger partial charge in [-0.15, -0.1) is 0 Å². The molecule has 1 rings (SSSR count). The molecule has 4 heteroatoms. The molecule has 0 aromatic heterocycles. The third-order valence-electron chi connectivity index (χ3n) is 6.97. The van der Waals surface area contributed by atoms with Gasteiger partial charge in [0.15, 0.2) is 0 Å².